The van der Waals surface area contributed by atoms with Crippen molar-refractivity contribution in [1.82, 2.24) is 4.90 Å². The Kier molecular flexibility index (Phi) is 4.42. The predicted octanol–water partition coefficient (Wildman–Crippen LogP) is 2.53. The predicted molar refractivity (Wildman–Crippen MR) is 64.6 cm³/mol. The van der Waals surface area contributed by atoms with Crippen LogP contribution >= 0.6 is 15.9 Å². The zero-order valence-electron chi connectivity index (χ0n) is 9.50. The standard InChI is InChI=1S/C11H16BrNO2/c1-13(2)7-8-5-9(14-3)11(12)10(6-8)15-4/h5-6H,7H2,1-4H3. The van der Waals surface area contributed by atoms with Gasteiger partial charge in [0.25, 0.3) is 0 Å². The highest BCUT2D eigenvalue weighted by Gasteiger charge is 2.09. The molecule has 0 amide bonds. The van der Waals surface area contributed by atoms with Gasteiger partial charge in [0.15, 0.2) is 0 Å². The molecule has 0 fully saturated rings. The number of benzene rings is 1. The Morgan fingerprint density at radius 2 is 1.60 bits per heavy atom. The van der Waals surface area contributed by atoms with E-state index < -0.39 is 0 Å². The van der Waals surface area contributed by atoms with Crippen molar-refractivity contribution >= 4 is 15.9 Å². The Labute approximate surface area is 99.1 Å². The summed E-state index contributed by atoms with van der Waals surface area (Å²) in [7, 11) is 7.36. The van der Waals surface area contributed by atoms with Crippen molar-refractivity contribution in [3.63, 3.8) is 0 Å². The van der Waals surface area contributed by atoms with E-state index in [1.165, 1.54) is 0 Å². The number of hydrogen-bond acceptors (Lipinski definition) is 3. The molecule has 0 saturated heterocycles. The van der Waals surface area contributed by atoms with Crippen LogP contribution in [0.4, 0.5) is 0 Å². The molecule has 15 heavy (non-hydrogen) atoms. The molecule has 0 unspecified atom stereocenters. The molecule has 0 aliphatic rings. The summed E-state index contributed by atoms with van der Waals surface area (Å²) in [5.74, 6) is 1.59. The molecule has 0 aliphatic carbocycles. The van der Waals surface area contributed by atoms with Crippen molar-refractivity contribution in [2.75, 3.05) is 28.3 Å². The molecule has 0 saturated carbocycles. The van der Waals surface area contributed by atoms with Gasteiger partial charge in [-0.3, -0.25) is 0 Å². The lowest BCUT2D eigenvalue weighted by Crippen LogP contribution is -2.10. The first-order chi connectivity index (χ1) is 7.08. The summed E-state index contributed by atoms with van der Waals surface area (Å²) >= 11 is 3.44. The summed E-state index contributed by atoms with van der Waals surface area (Å²) < 4.78 is 11.4. The second-order valence-corrected chi connectivity index (χ2v) is 4.35. The molecule has 0 atom stereocenters. The second-order valence-electron chi connectivity index (χ2n) is 3.55. The van der Waals surface area contributed by atoms with Crippen LogP contribution in [0.25, 0.3) is 0 Å². The summed E-state index contributed by atoms with van der Waals surface area (Å²) in [4.78, 5) is 2.10. The van der Waals surface area contributed by atoms with Gasteiger partial charge >= 0.3 is 0 Å². The molecule has 1 aromatic carbocycles. The van der Waals surface area contributed by atoms with Crippen LogP contribution in [0, 0.1) is 0 Å². The van der Waals surface area contributed by atoms with Gasteiger partial charge in [0.2, 0.25) is 0 Å². The minimum atomic E-state index is 0.797. The van der Waals surface area contributed by atoms with Gasteiger partial charge in [-0.05, 0) is 47.7 Å². The van der Waals surface area contributed by atoms with E-state index in [4.69, 9.17) is 9.47 Å². The maximum absolute atomic E-state index is 5.26. The lowest BCUT2D eigenvalue weighted by Gasteiger charge is -2.14. The summed E-state index contributed by atoms with van der Waals surface area (Å²) in [5, 5.41) is 0. The van der Waals surface area contributed by atoms with E-state index in [0.29, 0.717) is 0 Å². The molecule has 0 N–H and O–H groups in total. The van der Waals surface area contributed by atoms with E-state index in [-0.39, 0.29) is 0 Å². The van der Waals surface area contributed by atoms with Crippen LogP contribution in [0.3, 0.4) is 0 Å². The number of rotatable bonds is 4. The highest BCUT2D eigenvalue weighted by molar-refractivity contribution is 9.10. The fourth-order valence-corrected chi connectivity index (χ4v) is 1.93. The molecule has 0 aromatic heterocycles. The molecule has 0 bridgehead atoms. The third-order valence-electron chi connectivity index (χ3n) is 2.00. The molecule has 4 heteroatoms. The average molecular weight is 274 g/mol. The quantitative estimate of drug-likeness (QED) is 0.842. The zero-order valence-corrected chi connectivity index (χ0v) is 11.1. The lowest BCUT2D eigenvalue weighted by atomic mass is 10.2. The van der Waals surface area contributed by atoms with Crippen molar-refractivity contribution in [2.24, 2.45) is 0 Å². The minimum Gasteiger partial charge on any atom is -0.495 e. The van der Waals surface area contributed by atoms with E-state index >= 15 is 0 Å². The molecular weight excluding hydrogens is 258 g/mol. The van der Waals surface area contributed by atoms with Crippen molar-refractivity contribution in [1.29, 1.82) is 0 Å². The molecule has 0 heterocycles. The van der Waals surface area contributed by atoms with Crippen LogP contribution in [0.5, 0.6) is 11.5 Å². The van der Waals surface area contributed by atoms with E-state index in [9.17, 15) is 0 Å². The van der Waals surface area contributed by atoms with Crippen molar-refractivity contribution in [3.05, 3.63) is 22.2 Å². The largest absolute Gasteiger partial charge is 0.495 e. The van der Waals surface area contributed by atoms with Gasteiger partial charge in [0, 0.05) is 6.54 Å². The van der Waals surface area contributed by atoms with Crippen molar-refractivity contribution < 1.29 is 9.47 Å². The van der Waals surface area contributed by atoms with Crippen LogP contribution < -0.4 is 9.47 Å². The fourth-order valence-electron chi connectivity index (χ4n) is 1.38. The Hall–Kier alpha value is -0.740. The van der Waals surface area contributed by atoms with Crippen LogP contribution in [0.2, 0.25) is 0 Å². The number of nitrogens with zero attached hydrogens (tertiary/aromatic N) is 1. The SMILES string of the molecule is COc1cc(CN(C)C)cc(OC)c1Br. The van der Waals surface area contributed by atoms with Gasteiger partial charge in [-0.1, -0.05) is 0 Å². The van der Waals surface area contributed by atoms with Crippen LogP contribution in [0.1, 0.15) is 5.56 Å². The molecule has 84 valence electrons. The van der Waals surface area contributed by atoms with Crippen LogP contribution in [0.15, 0.2) is 16.6 Å². The Bertz CT molecular complexity index is 314. The van der Waals surface area contributed by atoms with E-state index in [1.54, 1.807) is 14.2 Å². The average Bonchev–Trinajstić information content (AvgIpc) is 2.19. The summed E-state index contributed by atoms with van der Waals surface area (Å²) in [6.45, 7) is 0.861. The molecular formula is C11H16BrNO2. The van der Waals surface area contributed by atoms with Gasteiger partial charge in [0.1, 0.15) is 16.0 Å². The first kappa shape index (κ1) is 12.3. The molecule has 1 aromatic rings. The highest BCUT2D eigenvalue weighted by Crippen LogP contribution is 2.35. The Balaban J connectivity index is 3.09. The summed E-state index contributed by atoms with van der Waals surface area (Å²) in [6.07, 6.45) is 0. The molecule has 0 aliphatic heterocycles. The van der Waals surface area contributed by atoms with Crippen molar-refractivity contribution in [2.45, 2.75) is 6.54 Å². The number of halogens is 1. The smallest absolute Gasteiger partial charge is 0.137 e. The third-order valence-corrected chi connectivity index (χ3v) is 2.79. The topological polar surface area (TPSA) is 21.7 Å². The summed E-state index contributed by atoms with van der Waals surface area (Å²) in [6, 6.07) is 4.01. The fraction of sp³-hybridized carbons (Fsp3) is 0.455. The summed E-state index contributed by atoms with van der Waals surface area (Å²) in [5.41, 5.74) is 1.16. The Morgan fingerprint density at radius 1 is 1.13 bits per heavy atom. The number of hydrogen-bond donors (Lipinski definition) is 0. The van der Waals surface area contributed by atoms with E-state index in [0.717, 1.165) is 28.1 Å². The molecule has 1 rings (SSSR count). The van der Waals surface area contributed by atoms with Crippen LogP contribution in [-0.4, -0.2) is 33.2 Å². The lowest BCUT2D eigenvalue weighted by molar-refractivity contribution is 0.378. The minimum absolute atomic E-state index is 0.797. The maximum atomic E-state index is 5.26. The third kappa shape index (κ3) is 3.11. The first-order valence-corrected chi connectivity index (χ1v) is 5.43. The second kappa shape index (κ2) is 5.37. The van der Waals surface area contributed by atoms with Gasteiger partial charge in [-0.2, -0.15) is 0 Å². The first-order valence-electron chi connectivity index (χ1n) is 4.63. The van der Waals surface area contributed by atoms with Gasteiger partial charge < -0.3 is 14.4 Å². The zero-order chi connectivity index (χ0) is 11.4. The van der Waals surface area contributed by atoms with Crippen LogP contribution in [-0.2, 0) is 6.54 Å². The normalized spacial score (nSPS) is 10.5. The molecule has 3 nitrogen and oxygen atoms in total. The monoisotopic (exact) mass is 273 g/mol. The Morgan fingerprint density at radius 3 is 1.93 bits per heavy atom. The van der Waals surface area contributed by atoms with Gasteiger partial charge in [-0.25, -0.2) is 0 Å². The van der Waals surface area contributed by atoms with Crippen molar-refractivity contribution in [3.8, 4) is 11.5 Å². The highest BCUT2D eigenvalue weighted by atomic mass is 79.9. The van der Waals surface area contributed by atoms with E-state index in [1.807, 2.05) is 26.2 Å². The van der Waals surface area contributed by atoms with Gasteiger partial charge in [-0.15, -0.1) is 0 Å². The van der Waals surface area contributed by atoms with Gasteiger partial charge in [0.05, 0.1) is 14.2 Å². The maximum Gasteiger partial charge on any atom is 0.137 e. The number of methoxy groups -OCH3 is 2. The van der Waals surface area contributed by atoms with E-state index in [2.05, 4.69) is 20.8 Å². The molecule has 0 radical (unpaired) electrons. The number of ether oxygens (including phenoxy) is 2. The molecule has 0 spiro atoms.